The van der Waals surface area contributed by atoms with Gasteiger partial charge in [0.15, 0.2) is 11.8 Å². The van der Waals surface area contributed by atoms with Crippen LogP contribution in [0.3, 0.4) is 0 Å². The van der Waals surface area contributed by atoms with E-state index in [1.165, 1.54) is 0 Å². The molecule has 2 aromatic rings. The van der Waals surface area contributed by atoms with Crippen LogP contribution in [-0.4, -0.2) is 52.5 Å². The SMILES string of the molecule is CCCOc1ccc(CNC(=NC)NC2CCc3nc(COC)nn3C2)cn1. The molecular weight excluding hydrogens is 358 g/mol. The first-order chi connectivity index (χ1) is 13.7. The van der Waals surface area contributed by atoms with Crippen molar-refractivity contribution in [3.63, 3.8) is 0 Å². The van der Waals surface area contributed by atoms with Gasteiger partial charge >= 0.3 is 0 Å². The summed E-state index contributed by atoms with van der Waals surface area (Å²) in [7, 11) is 3.43. The van der Waals surface area contributed by atoms with E-state index in [9.17, 15) is 0 Å². The highest BCUT2D eigenvalue weighted by atomic mass is 16.5. The van der Waals surface area contributed by atoms with Crippen LogP contribution in [-0.2, 0) is 30.9 Å². The molecule has 0 radical (unpaired) electrons. The lowest BCUT2D eigenvalue weighted by molar-refractivity contribution is 0.177. The fourth-order valence-electron chi connectivity index (χ4n) is 3.05. The molecular formula is C19H29N7O2. The minimum absolute atomic E-state index is 0.249. The Morgan fingerprint density at radius 3 is 3.00 bits per heavy atom. The van der Waals surface area contributed by atoms with E-state index in [4.69, 9.17) is 9.47 Å². The number of methoxy groups -OCH3 is 1. The smallest absolute Gasteiger partial charge is 0.213 e. The lowest BCUT2D eigenvalue weighted by atomic mass is 10.1. The van der Waals surface area contributed by atoms with Gasteiger partial charge in [0.2, 0.25) is 5.88 Å². The average molecular weight is 387 g/mol. The Balaban J connectivity index is 1.49. The molecule has 0 bridgehead atoms. The van der Waals surface area contributed by atoms with Gasteiger partial charge in [-0.1, -0.05) is 13.0 Å². The molecule has 3 rings (SSSR count). The highest BCUT2D eigenvalue weighted by molar-refractivity contribution is 5.79. The topological polar surface area (TPSA) is 98.5 Å². The van der Waals surface area contributed by atoms with Crippen LogP contribution < -0.4 is 15.4 Å². The summed E-state index contributed by atoms with van der Waals surface area (Å²) in [4.78, 5) is 13.2. The first kappa shape index (κ1) is 20.1. The van der Waals surface area contributed by atoms with Gasteiger partial charge in [0.1, 0.15) is 12.4 Å². The van der Waals surface area contributed by atoms with Crippen molar-refractivity contribution in [2.24, 2.45) is 4.99 Å². The molecule has 0 fully saturated rings. The lowest BCUT2D eigenvalue weighted by Gasteiger charge is -2.25. The predicted molar refractivity (Wildman–Crippen MR) is 106 cm³/mol. The maximum atomic E-state index is 5.51. The van der Waals surface area contributed by atoms with Crippen molar-refractivity contribution >= 4 is 5.96 Å². The molecule has 9 nitrogen and oxygen atoms in total. The highest BCUT2D eigenvalue weighted by Gasteiger charge is 2.22. The number of nitrogens with zero attached hydrogens (tertiary/aromatic N) is 5. The first-order valence-electron chi connectivity index (χ1n) is 9.68. The number of pyridine rings is 1. The Morgan fingerprint density at radius 1 is 1.39 bits per heavy atom. The number of hydrogen-bond acceptors (Lipinski definition) is 6. The van der Waals surface area contributed by atoms with Crippen LogP contribution in [0, 0.1) is 0 Å². The standard InChI is InChI=1S/C19H29N7O2/c1-4-9-28-18-8-5-14(10-21-18)11-22-19(20-2)23-15-6-7-17-24-16(13-27-3)25-26(17)12-15/h5,8,10,15H,4,6-7,9,11-13H2,1-3H3,(H2,20,22,23). The van der Waals surface area contributed by atoms with E-state index in [1.807, 2.05) is 23.0 Å². The van der Waals surface area contributed by atoms with Crippen molar-refractivity contribution in [2.45, 2.75) is 51.9 Å². The maximum absolute atomic E-state index is 5.51. The zero-order chi connectivity index (χ0) is 19.8. The van der Waals surface area contributed by atoms with E-state index in [0.717, 1.165) is 49.0 Å². The fourth-order valence-corrected chi connectivity index (χ4v) is 3.05. The largest absolute Gasteiger partial charge is 0.478 e. The van der Waals surface area contributed by atoms with E-state index in [1.54, 1.807) is 14.2 Å². The molecule has 152 valence electrons. The van der Waals surface area contributed by atoms with Gasteiger partial charge in [-0.15, -0.1) is 0 Å². The van der Waals surface area contributed by atoms with Crippen molar-refractivity contribution in [3.05, 3.63) is 35.5 Å². The van der Waals surface area contributed by atoms with E-state index < -0.39 is 0 Å². The zero-order valence-electron chi connectivity index (χ0n) is 16.8. The van der Waals surface area contributed by atoms with Gasteiger partial charge < -0.3 is 20.1 Å². The monoisotopic (exact) mass is 387 g/mol. The van der Waals surface area contributed by atoms with Gasteiger partial charge in [-0.05, 0) is 18.4 Å². The van der Waals surface area contributed by atoms with Crippen LogP contribution in [0.15, 0.2) is 23.3 Å². The second-order valence-electron chi connectivity index (χ2n) is 6.72. The summed E-state index contributed by atoms with van der Waals surface area (Å²) >= 11 is 0. The van der Waals surface area contributed by atoms with Crippen LogP contribution in [0.1, 0.15) is 37.0 Å². The number of aryl methyl sites for hydroxylation is 1. The van der Waals surface area contributed by atoms with Gasteiger partial charge in [-0.2, -0.15) is 5.10 Å². The van der Waals surface area contributed by atoms with Crippen LogP contribution >= 0.6 is 0 Å². The summed E-state index contributed by atoms with van der Waals surface area (Å²) in [5.74, 6) is 3.17. The molecule has 1 aliphatic rings. The Kier molecular flexibility index (Phi) is 7.18. The third-order valence-electron chi connectivity index (χ3n) is 4.45. The summed E-state index contributed by atoms with van der Waals surface area (Å²) in [6.07, 6.45) is 4.66. The quantitative estimate of drug-likeness (QED) is 0.520. The van der Waals surface area contributed by atoms with Crippen LogP contribution in [0.2, 0.25) is 0 Å². The summed E-state index contributed by atoms with van der Waals surface area (Å²) in [5, 5.41) is 11.3. The van der Waals surface area contributed by atoms with Crippen molar-refractivity contribution in [1.82, 2.24) is 30.4 Å². The van der Waals surface area contributed by atoms with E-state index >= 15 is 0 Å². The summed E-state index contributed by atoms with van der Waals surface area (Å²) in [6, 6.07) is 4.16. The molecule has 2 N–H and O–H groups in total. The van der Waals surface area contributed by atoms with Gasteiger partial charge in [-0.3, -0.25) is 4.99 Å². The van der Waals surface area contributed by atoms with Crippen molar-refractivity contribution in [1.29, 1.82) is 0 Å². The molecule has 0 spiro atoms. The summed E-state index contributed by atoms with van der Waals surface area (Å²) < 4.78 is 12.6. The molecule has 0 saturated heterocycles. The van der Waals surface area contributed by atoms with Gasteiger partial charge in [0, 0.05) is 45.4 Å². The second-order valence-corrected chi connectivity index (χ2v) is 6.72. The summed E-state index contributed by atoms with van der Waals surface area (Å²) in [6.45, 7) is 4.60. The second kappa shape index (κ2) is 10.0. The third-order valence-corrected chi connectivity index (χ3v) is 4.45. The Labute approximate surface area is 165 Å². The molecule has 1 unspecified atom stereocenters. The Morgan fingerprint density at radius 2 is 2.29 bits per heavy atom. The number of fused-ring (bicyclic) bond motifs is 1. The molecule has 1 atom stereocenters. The van der Waals surface area contributed by atoms with Gasteiger partial charge in [0.05, 0.1) is 13.2 Å². The molecule has 28 heavy (non-hydrogen) atoms. The van der Waals surface area contributed by atoms with Crippen LogP contribution in [0.5, 0.6) is 5.88 Å². The lowest BCUT2D eigenvalue weighted by Crippen LogP contribution is -2.46. The van der Waals surface area contributed by atoms with Gasteiger partial charge in [-0.25, -0.2) is 14.6 Å². The number of rotatable bonds is 8. The van der Waals surface area contributed by atoms with E-state index in [-0.39, 0.29) is 6.04 Å². The number of guanidine groups is 1. The van der Waals surface area contributed by atoms with E-state index in [2.05, 4.69) is 37.6 Å². The molecule has 2 aromatic heterocycles. The molecule has 0 amide bonds. The first-order valence-corrected chi connectivity index (χ1v) is 9.68. The fraction of sp³-hybridized carbons (Fsp3) is 0.579. The number of ether oxygens (including phenoxy) is 2. The van der Waals surface area contributed by atoms with Crippen LogP contribution in [0.4, 0.5) is 0 Å². The highest BCUT2D eigenvalue weighted by Crippen LogP contribution is 2.13. The average Bonchev–Trinajstić information content (AvgIpc) is 3.12. The number of nitrogens with one attached hydrogen (secondary N) is 2. The van der Waals surface area contributed by atoms with Gasteiger partial charge in [0.25, 0.3) is 0 Å². The van der Waals surface area contributed by atoms with E-state index in [0.29, 0.717) is 25.6 Å². The molecule has 3 heterocycles. The van der Waals surface area contributed by atoms with Crippen molar-refractivity contribution < 1.29 is 9.47 Å². The summed E-state index contributed by atoms with van der Waals surface area (Å²) in [5.41, 5.74) is 1.07. The number of aromatic nitrogens is 4. The zero-order valence-corrected chi connectivity index (χ0v) is 16.8. The van der Waals surface area contributed by atoms with Crippen LogP contribution in [0.25, 0.3) is 0 Å². The normalized spacial score (nSPS) is 16.5. The number of hydrogen-bond donors (Lipinski definition) is 2. The Bertz CT molecular complexity index is 773. The Hall–Kier alpha value is -2.68. The third kappa shape index (κ3) is 5.41. The maximum Gasteiger partial charge on any atom is 0.213 e. The minimum atomic E-state index is 0.249. The van der Waals surface area contributed by atoms with Crippen molar-refractivity contribution in [3.8, 4) is 5.88 Å². The number of aliphatic imine (C=N–C) groups is 1. The molecule has 9 heteroatoms. The molecule has 1 aliphatic heterocycles. The van der Waals surface area contributed by atoms with Crippen molar-refractivity contribution in [2.75, 3.05) is 20.8 Å². The minimum Gasteiger partial charge on any atom is -0.478 e. The predicted octanol–water partition coefficient (Wildman–Crippen LogP) is 1.29. The molecule has 0 aliphatic carbocycles. The molecule has 0 saturated carbocycles. The molecule has 0 aromatic carbocycles.